The lowest BCUT2D eigenvalue weighted by atomic mass is 9.81. The van der Waals surface area contributed by atoms with Crippen LogP contribution >= 0.6 is 0 Å². The number of aliphatic hydroxyl groups is 2. The number of likely N-dealkylation sites (tertiary alicyclic amines) is 1. The van der Waals surface area contributed by atoms with Gasteiger partial charge in [0.25, 0.3) is 0 Å². The number of fused-ring (bicyclic) bond motifs is 1. The molecule has 0 bridgehead atoms. The number of hydrogen-bond donors (Lipinski definition) is 4. The molecular weight excluding hydrogens is 436 g/mol. The molecule has 0 aromatic heterocycles. The Morgan fingerprint density at radius 1 is 1.15 bits per heavy atom. The van der Waals surface area contributed by atoms with Gasteiger partial charge in [-0.05, 0) is 35.0 Å². The number of hydrogen-bond acceptors (Lipinski definition) is 6. The second kappa shape index (κ2) is 9.06. The highest BCUT2D eigenvalue weighted by Crippen LogP contribution is 2.65. The minimum Gasteiger partial charge on any atom is -0.387 e. The lowest BCUT2D eigenvalue weighted by Crippen LogP contribution is -2.65. The Kier molecular flexibility index (Phi) is 7.16. The van der Waals surface area contributed by atoms with Crippen LogP contribution in [0.25, 0.3) is 0 Å². The van der Waals surface area contributed by atoms with Crippen molar-refractivity contribution in [3.05, 3.63) is 0 Å². The van der Waals surface area contributed by atoms with Gasteiger partial charge in [-0.1, -0.05) is 61.3 Å². The Bertz CT molecular complexity index is 817. The van der Waals surface area contributed by atoms with Gasteiger partial charge in [-0.2, -0.15) is 0 Å². The molecule has 34 heavy (non-hydrogen) atoms. The third-order valence-electron chi connectivity index (χ3n) is 8.24. The van der Waals surface area contributed by atoms with Gasteiger partial charge in [-0.15, -0.1) is 0 Å². The quantitative estimate of drug-likeness (QED) is 0.356. The zero-order chi connectivity index (χ0) is 25.9. The Morgan fingerprint density at radius 2 is 1.71 bits per heavy atom. The van der Waals surface area contributed by atoms with E-state index in [2.05, 4.69) is 13.8 Å². The molecule has 3 fully saturated rings. The standard InChI is InChI=1S/C25H44N4O5/c1-12(2)22(33)29(15(10-13-8-9-13)18(30)21(27)32)19(24(3,4)5)23(34)28-11-14-16(25(14,6)7)17(28)20(26)31/h12-19,21,30,32H,8-11,27H2,1-7H3,(H2,26,31)/t14?,15?,16?,17?,18?,19-,21?/m1/s1. The van der Waals surface area contributed by atoms with Crippen molar-refractivity contribution in [1.82, 2.24) is 9.80 Å². The molecule has 1 heterocycles. The fraction of sp³-hybridized carbons (Fsp3) is 0.880. The van der Waals surface area contributed by atoms with Crippen LogP contribution in [0.3, 0.4) is 0 Å². The normalized spacial score (nSPS) is 29.3. The van der Waals surface area contributed by atoms with E-state index in [1.807, 2.05) is 20.8 Å². The number of nitrogens with zero attached hydrogens (tertiary/aromatic N) is 2. The minimum atomic E-state index is -1.56. The predicted octanol–water partition coefficient (Wildman–Crippen LogP) is 0.661. The average molecular weight is 481 g/mol. The first kappa shape index (κ1) is 26.9. The van der Waals surface area contributed by atoms with Crippen molar-refractivity contribution >= 4 is 17.7 Å². The summed E-state index contributed by atoms with van der Waals surface area (Å²) in [6.45, 7) is 13.7. The molecule has 3 rings (SSSR count). The van der Waals surface area contributed by atoms with E-state index in [4.69, 9.17) is 11.5 Å². The number of primary amides is 1. The fourth-order valence-corrected chi connectivity index (χ4v) is 6.02. The van der Waals surface area contributed by atoms with E-state index in [9.17, 15) is 24.6 Å². The molecule has 2 saturated carbocycles. The van der Waals surface area contributed by atoms with Crippen LogP contribution in [0.2, 0.25) is 0 Å². The second-order valence-corrected chi connectivity index (χ2v) is 12.7. The first-order valence-corrected chi connectivity index (χ1v) is 12.6. The number of carbonyl (C=O) groups is 3. The van der Waals surface area contributed by atoms with Crippen molar-refractivity contribution in [2.24, 2.45) is 46.0 Å². The van der Waals surface area contributed by atoms with Crippen LogP contribution in [0, 0.1) is 34.5 Å². The van der Waals surface area contributed by atoms with Gasteiger partial charge in [0, 0.05) is 12.5 Å². The van der Waals surface area contributed by atoms with Gasteiger partial charge in [0.1, 0.15) is 24.4 Å². The SMILES string of the molecule is CC(C)C(=O)N(C(CC1CC1)C(O)C(N)O)[C@H](C(=O)N1CC2C(C1C(N)=O)C2(C)C)C(C)(C)C. The van der Waals surface area contributed by atoms with Gasteiger partial charge < -0.3 is 31.5 Å². The Balaban J connectivity index is 2.05. The summed E-state index contributed by atoms with van der Waals surface area (Å²) in [4.78, 5) is 43.3. The lowest BCUT2D eigenvalue weighted by Gasteiger charge is -2.48. The highest BCUT2D eigenvalue weighted by molar-refractivity contribution is 5.94. The summed E-state index contributed by atoms with van der Waals surface area (Å²) >= 11 is 0. The van der Waals surface area contributed by atoms with Gasteiger partial charge in [0.15, 0.2) is 0 Å². The number of amides is 3. The van der Waals surface area contributed by atoms with E-state index in [0.29, 0.717) is 18.9 Å². The van der Waals surface area contributed by atoms with Gasteiger partial charge >= 0.3 is 0 Å². The van der Waals surface area contributed by atoms with E-state index >= 15 is 0 Å². The smallest absolute Gasteiger partial charge is 0.246 e. The maximum absolute atomic E-state index is 14.2. The number of piperidine rings is 1. The summed E-state index contributed by atoms with van der Waals surface area (Å²) in [6, 6.07) is -2.50. The summed E-state index contributed by atoms with van der Waals surface area (Å²) in [7, 11) is 0. The maximum Gasteiger partial charge on any atom is 0.246 e. The van der Waals surface area contributed by atoms with Crippen LogP contribution in [0.4, 0.5) is 0 Å². The molecule has 2 aliphatic carbocycles. The van der Waals surface area contributed by atoms with Crippen molar-refractivity contribution < 1.29 is 24.6 Å². The molecular formula is C25H44N4O5. The molecule has 7 atom stereocenters. The van der Waals surface area contributed by atoms with Gasteiger partial charge in [0.05, 0.1) is 6.04 Å². The van der Waals surface area contributed by atoms with E-state index in [0.717, 1.165) is 12.8 Å². The summed E-state index contributed by atoms with van der Waals surface area (Å²) < 4.78 is 0. The fourth-order valence-electron chi connectivity index (χ4n) is 6.02. The molecule has 1 aliphatic heterocycles. The molecule has 9 heteroatoms. The minimum absolute atomic E-state index is 0.00235. The van der Waals surface area contributed by atoms with Gasteiger partial charge in [-0.3, -0.25) is 14.4 Å². The van der Waals surface area contributed by atoms with E-state index in [1.54, 1.807) is 18.7 Å². The molecule has 0 spiro atoms. The highest BCUT2D eigenvalue weighted by Gasteiger charge is 2.69. The van der Waals surface area contributed by atoms with Crippen molar-refractivity contribution in [3.8, 4) is 0 Å². The molecule has 6 unspecified atom stereocenters. The van der Waals surface area contributed by atoms with Gasteiger partial charge in [0.2, 0.25) is 17.7 Å². The molecule has 6 N–H and O–H groups in total. The Hall–Kier alpha value is -1.71. The lowest BCUT2D eigenvalue weighted by molar-refractivity contribution is -0.163. The summed E-state index contributed by atoms with van der Waals surface area (Å²) in [5.74, 6) is -1.13. The highest BCUT2D eigenvalue weighted by atomic mass is 16.3. The molecule has 9 nitrogen and oxygen atoms in total. The molecule has 3 amide bonds. The predicted molar refractivity (Wildman–Crippen MR) is 128 cm³/mol. The Labute approximate surface area is 203 Å². The van der Waals surface area contributed by atoms with Crippen LogP contribution in [-0.4, -0.2) is 74.7 Å². The van der Waals surface area contributed by atoms with Crippen LogP contribution in [0.5, 0.6) is 0 Å². The van der Waals surface area contributed by atoms with E-state index in [1.165, 1.54) is 4.90 Å². The summed E-state index contributed by atoms with van der Waals surface area (Å²) in [5, 5.41) is 21.0. The van der Waals surface area contributed by atoms with Crippen molar-refractivity contribution in [2.75, 3.05) is 6.54 Å². The van der Waals surface area contributed by atoms with Gasteiger partial charge in [-0.25, -0.2) is 0 Å². The molecule has 1 saturated heterocycles. The van der Waals surface area contributed by atoms with E-state index < -0.39 is 47.7 Å². The average Bonchev–Trinajstić information content (AvgIpc) is 3.55. The largest absolute Gasteiger partial charge is 0.387 e. The van der Waals surface area contributed by atoms with Crippen molar-refractivity contribution in [1.29, 1.82) is 0 Å². The monoisotopic (exact) mass is 480 g/mol. The zero-order valence-electron chi connectivity index (χ0n) is 21.7. The molecule has 0 aromatic carbocycles. The van der Waals surface area contributed by atoms with Crippen molar-refractivity contribution in [2.45, 2.75) is 98.2 Å². The molecule has 194 valence electrons. The zero-order valence-corrected chi connectivity index (χ0v) is 21.7. The third-order valence-corrected chi connectivity index (χ3v) is 8.24. The summed E-state index contributed by atoms with van der Waals surface area (Å²) in [6.07, 6.45) is -0.573. The first-order valence-electron chi connectivity index (χ1n) is 12.6. The maximum atomic E-state index is 14.2. The first-order chi connectivity index (χ1) is 15.5. The molecule has 3 aliphatic rings. The number of aliphatic hydroxyl groups excluding tert-OH is 2. The molecule has 0 aromatic rings. The number of carbonyl (C=O) groups excluding carboxylic acids is 3. The number of rotatable bonds is 9. The number of nitrogens with two attached hydrogens (primary N) is 2. The summed E-state index contributed by atoms with van der Waals surface area (Å²) in [5.41, 5.74) is 10.7. The second-order valence-electron chi connectivity index (χ2n) is 12.7. The van der Waals surface area contributed by atoms with E-state index in [-0.39, 0.29) is 29.1 Å². The Morgan fingerprint density at radius 3 is 2.12 bits per heavy atom. The third kappa shape index (κ3) is 4.84. The van der Waals surface area contributed by atoms with Crippen LogP contribution in [0.15, 0.2) is 0 Å². The van der Waals surface area contributed by atoms with Crippen LogP contribution < -0.4 is 11.5 Å². The molecule has 0 radical (unpaired) electrons. The van der Waals surface area contributed by atoms with Crippen molar-refractivity contribution in [3.63, 3.8) is 0 Å². The topological polar surface area (TPSA) is 150 Å². The van der Waals surface area contributed by atoms with Crippen LogP contribution in [-0.2, 0) is 14.4 Å². The van der Waals surface area contributed by atoms with Crippen LogP contribution in [0.1, 0.15) is 67.7 Å².